The predicted octanol–water partition coefficient (Wildman–Crippen LogP) is 3.80. The molecule has 2 aliphatic rings. The highest BCUT2D eigenvalue weighted by atomic mass is 79.9. The maximum absolute atomic E-state index is 12.7. The van der Waals surface area contributed by atoms with Gasteiger partial charge in [-0.2, -0.15) is 0 Å². The van der Waals surface area contributed by atoms with Crippen molar-refractivity contribution in [1.29, 1.82) is 0 Å². The van der Waals surface area contributed by atoms with Crippen molar-refractivity contribution in [3.05, 3.63) is 28.8 Å². The van der Waals surface area contributed by atoms with E-state index >= 15 is 0 Å². The molecule has 0 bridgehead atoms. The number of carbonyl (C=O) groups is 2. The van der Waals surface area contributed by atoms with E-state index in [1.165, 1.54) is 0 Å². The smallest absolute Gasteiger partial charge is 0.236 e. The summed E-state index contributed by atoms with van der Waals surface area (Å²) in [6, 6.07) is 3.98. The van der Waals surface area contributed by atoms with Crippen molar-refractivity contribution in [2.24, 2.45) is 0 Å². The van der Waals surface area contributed by atoms with Gasteiger partial charge in [-0.1, -0.05) is 28.9 Å². The second-order valence-electron chi connectivity index (χ2n) is 7.04. The van der Waals surface area contributed by atoms with E-state index in [2.05, 4.69) is 22.0 Å². The Hall–Kier alpha value is -1.36. The number of likely N-dealkylation sites (tertiary alicyclic amines) is 1. The minimum Gasteiger partial charge on any atom is -0.486 e. The molecular formula is C19H24BrNO3. The minimum atomic E-state index is -0.449. The monoisotopic (exact) mass is 393 g/mol. The SMILES string of the molecule is CCC(Br)C(=O)N1CCC2(CC1)CC(=O)c1cc(C)cc(C)c1O2. The second kappa shape index (κ2) is 6.51. The van der Waals surface area contributed by atoms with Gasteiger partial charge in [0.2, 0.25) is 5.91 Å². The number of fused-ring (bicyclic) bond motifs is 1. The van der Waals surface area contributed by atoms with Crippen LogP contribution in [0.4, 0.5) is 0 Å². The van der Waals surface area contributed by atoms with Gasteiger partial charge in [-0.15, -0.1) is 0 Å². The van der Waals surface area contributed by atoms with Gasteiger partial charge in [-0.25, -0.2) is 0 Å². The van der Waals surface area contributed by atoms with Crippen molar-refractivity contribution in [2.75, 3.05) is 13.1 Å². The number of ketones is 1. The number of nitrogens with zero attached hydrogens (tertiary/aromatic N) is 1. The van der Waals surface area contributed by atoms with Crippen LogP contribution in [-0.2, 0) is 4.79 Å². The molecule has 0 N–H and O–H groups in total. The van der Waals surface area contributed by atoms with Crippen LogP contribution in [0.2, 0.25) is 0 Å². The Balaban J connectivity index is 1.78. The highest BCUT2D eigenvalue weighted by molar-refractivity contribution is 9.10. The lowest BCUT2D eigenvalue weighted by Crippen LogP contribution is -2.53. The standard InChI is InChI=1S/C19H24BrNO3/c1-4-15(20)18(23)21-7-5-19(6-8-21)11-16(22)14-10-12(2)9-13(3)17(14)24-19/h9-10,15H,4-8,11H2,1-3H3. The fourth-order valence-electron chi connectivity index (χ4n) is 3.72. The van der Waals surface area contributed by atoms with Gasteiger partial charge >= 0.3 is 0 Å². The quantitative estimate of drug-likeness (QED) is 0.717. The van der Waals surface area contributed by atoms with Crippen molar-refractivity contribution in [1.82, 2.24) is 4.90 Å². The number of rotatable bonds is 2. The van der Waals surface area contributed by atoms with E-state index in [-0.39, 0.29) is 16.5 Å². The number of carbonyl (C=O) groups excluding carboxylic acids is 2. The maximum Gasteiger partial charge on any atom is 0.236 e. The van der Waals surface area contributed by atoms with E-state index in [0.717, 1.165) is 23.3 Å². The molecule has 24 heavy (non-hydrogen) atoms. The van der Waals surface area contributed by atoms with Crippen LogP contribution in [0.25, 0.3) is 0 Å². The summed E-state index contributed by atoms with van der Waals surface area (Å²) in [6.07, 6.45) is 2.61. The highest BCUT2D eigenvalue weighted by Crippen LogP contribution is 2.41. The normalized spacial score (nSPS) is 20.5. The molecule has 1 amide bonds. The first-order chi connectivity index (χ1) is 11.3. The van der Waals surface area contributed by atoms with E-state index in [1.807, 2.05) is 31.7 Å². The molecule has 4 nitrogen and oxygen atoms in total. The molecule has 1 atom stereocenters. The lowest BCUT2D eigenvalue weighted by molar-refractivity contribution is -0.134. The number of aryl methyl sites for hydroxylation is 2. The summed E-state index contributed by atoms with van der Waals surface area (Å²) < 4.78 is 6.36. The number of ether oxygens (including phenoxy) is 1. The molecule has 0 aliphatic carbocycles. The summed E-state index contributed by atoms with van der Waals surface area (Å²) in [4.78, 5) is 26.8. The Morgan fingerprint density at radius 1 is 1.33 bits per heavy atom. The largest absolute Gasteiger partial charge is 0.486 e. The van der Waals surface area contributed by atoms with Crippen LogP contribution in [0.15, 0.2) is 12.1 Å². The third kappa shape index (κ3) is 3.10. The van der Waals surface area contributed by atoms with Crippen LogP contribution in [0, 0.1) is 13.8 Å². The molecule has 1 aromatic rings. The number of halogens is 1. The molecule has 1 unspecified atom stereocenters. The van der Waals surface area contributed by atoms with Crippen LogP contribution in [-0.4, -0.2) is 40.1 Å². The van der Waals surface area contributed by atoms with Gasteiger partial charge in [0, 0.05) is 25.9 Å². The third-order valence-electron chi connectivity index (χ3n) is 5.13. The molecule has 130 valence electrons. The lowest BCUT2D eigenvalue weighted by Gasteiger charge is -2.44. The Kier molecular flexibility index (Phi) is 4.73. The zero-order chi connectivity index (χ0) is 17.5. The fourth-order valence-corrected chi connectivity index (χ4v) is 4.01. The van der Waals surface area contributed by atoms with Gasteiger partial charge in [-0.05, 0) is 37.5 Å². The van der Waals surface area contributed by atoms with Crippen molar-refractivity contribution >= 4 is 27.6 Å². The summed E-state index contributed by atoms with van der Waals surface area (Å²) in [7, 11) is 0. The molecule has 2 aliphatic heterocycles. The molecule has 1 aromatic carbocycles. The molecule has 3 rings (SSSR count). The number of amides is 1. The first-order valence-electron chi connectivity index (χ1n) is 8.61. The predicted molar refractivity (Wildman–Crippen MR) is 97.0 cm³/mol. The summed E-state index contributed by atoms with van der Waals surface area (Å²) in [5.41, 5.74) is 2.36. The molecule has 0 aromatic heterocycles. The Labute approximate surface area is 151 Å². The Morgan fingerprint density at radius 3 is 2.62 bits per heavy atom. The number of hydrogen-bond acceptors (Lipinski definition) is 3. The van der Waals surface area contributed by atoms with Gasteiger partial charge in [0.15, 0.2) is 5.78 Å². The maximum atomic E-state index is 12.7. The number of alkyl halides is 1. The molecule has 5 heteroatoms. The van der Waals surface area contributed by atoms with Crippen LogP contribution >= 0.6 is 15.9 Å². The lowest BCUT2D eigenvalue weighted by atomic mass is 9.81. The molecule has 2 heterocycles. The van der Waals surface area contributed by atoms with E-state index < -0.39 is 5.60 Å². The number of Topliss-reactive ketones (excluding diaryl/α,β-unsaturated/α-hetero) is 1. The number of benzene rings is 1. The minimum absolute atomic E-state index is 0.119. The van der Waals surface area contributed by atoms with Crippen LogP contribution in [0.3, 0.4) is 0 Å². The number of hydrogen-bond donors (Lipinski definition) is 0. The average molecular weight is 394 g/mol. The molecule has 0 saturated carbocycles. The van der Waals surface area contributed by atoms with Gasteiger partial charge in [0.1, 0.15) is 11.4 Å². The topological polar surface area (TPSA) is 46.6 Å². The van der Waals surface area contributed by atoms with Crippen LogP contribution in [0.1, 0.15) is 54.1 Å². The Bertz CT molecular complexity index is 677. The van der Waals surface area contributed by atoms with Crippen molar-refractivity contribution < 1.29 is 14.3 Å². The fraction of sp³-hybridized carbons (Fsp3) is 0.579. The van der Waals surface area contributed by atoms with E-state index in [4.69, 9.17) is 4.74 Å². The Morgan fingerprint density at radius 2 is 2.00 bits per heavy atom. The first-order valence-corrected chi connectivity index (χ1v) is 9.53. The summed E-state index contributed by atoms with van der Waals surface area (Å²) in [5.74, 6) is 1.04. The van der Waals surface area contributed by atoms with Crippen LogP contribution in [0.5, 0.6) is 5.75 Å². The summed E-state index contributed by atoms with van der Waals surface area (Å²) >= 11 is 3.44. The van der Waals surface area contributed by atoms with E-state index in [1.54, 1.807) is 0 Å². The van der Waals surface area contributed by atoms with Gasteiger partial charge in [-0.3, -0.25) is 9.59 Å². The molecule has 0 radical (unpaired) electrons. The van der Waals surface area contributed by atoms with Gasteiger partial charge in [0.05, 0.1) is 16.8 Å². The van der Waals surface area contributed by atoms with Crippen molar-refractivity contribution in [2.45, 2.75) is 56.9 Å². The van der Waals surface area contributed by atoms with Crippen molar-refractivity contribution in [3.63, 3.8) is 0 Å². The highest BCUT2D eigenvalue weighted by Gasteiger charge is 2.44. The number of piperidine rings is 1. The molecular weight excluding hydrogens is 370 g/mol. The van der Waals surface area contributed by atoms with Gasteiger partial charge in [0.25, 0.3) is 0 Å². The zero-order valence-electron chi connectivity index (χ0n) is 14.5. The van der Waals surface area contributed by atoms with Crippen molar-refractivity contribution in [3.8, 4) is 5.75 Å². The van der Waals surface area contributed by atoms with E-state index in [9.17, 15) is 9.59 Å². The molecule has 1 saturated heterocycles. The molecule has 1 spiro atoms. The zero-order valence-corrected chi connectivity index (χ0v) is 16.1. The third-order valence-corrected chi connectivity index (χ3v) is 6.17. The first kappa shape index (κ1) is 17.5. The summed E-state index contributed by atoms with van der Waals surface area (Å²) in [5, 5.41) is 0. The van der Waals surface area contributed by atoms with E-state index in [0.29, 0.717) is 37.9 Å². The average Bonchev–Trinajstić information content (AvgIpc) is 2.55. The van der Waals surface area contributed by atoms with Crippen LogP contribution < -0.4 is 4.74 Å². The second-order valence-corrected chi connectivity index (χ2v) is 8.15. The van der Waals surface area contributed by atoms with Gasteiger partial charge < -0.3 is 9.64 Å². The summed E-state index contributed by atoms with van der Waals surface area (Å²) in [6.45, 7) is 7.28. The molecule has 1 fully saturated rings.